The number of aromatic amines is 1. The number of aromatic nitrogens is 1. The second-order valence-electron chi connectivity index (χ2n) is 11.0. The predicted molar refractivity (Wildman–Crippen MR) is 161 cm³/mol. The maximum atomic E-state index is 14.3. The van der Waals surface area contributed by atoms with E-state index in [9.17, 15) is 14.4 Å². The summed E-state index contributed by atoms with van der Waals surface area (Å²) in [6, 6.07) is 20.7. The van der Waals surface area contributed by atoms with Gasteiger partial charge in [0.1, 0.15) is 17.8 Å². The van der Waals surface area contributed by atoms with Crippen molar-refractivity contribution in [2.45, 2.75) is 18.5 Å². The van der Waals surface area contributed by atoms with Crippen LogP contribution in [-0.2, 0) is 16.0 Å². The lowest BCUT2D eigenvalue weighted by atomic mass is 9.89. The number of carbonyl (C=O) groups is 3. The third-order valence-corrected chi connectivity index (χ3v) is 8.69. The van der Waals surface area contributed by atoms with E-state index in [1.165, 1.54) is 4.90 Å². The van der Waals surface area contributed by atoms with Crippen LogP contribution < -0.4 is 15.0 Å². The molecule has 0 spiro atoms. The van der Waals surface area contributed by atoms with E-state index in [-0.39, 0.29) is 23.1 Å². The molecule has 1 aromatic heterocycles. The molecule has 3 aliphatic rings. The number of morpholine rings is 1. The maximum Gasteiger partial charge on any atom is 0.332 e. The number of amides is 4. The molecule has 0 saturated carbocycles. The highest BCUT2D eigenvalue weighted by molar-refractivity contribution is 6.24. The number of hydrogen-bond donors (Lipinski definition) is 2. The molecule has 10 nitrogen and oxygen atoms in total. The number of fused-ring (bicyclic) bond motifs is 4. The Balaban J connectivity index is 1.23. The van der Waals surface area contributed by atoms with Crippen LogP contribution in [0, 0.1) is 0 Å². The van der Waals surface area contributed by atoms with Crippen molar-refractivity contribution >= 4 is 34.4 Å². The molecule has 10 heteroatoms. The van der Waals surface area contributed by atoms with Crippen molar-refractivity contribution in [3.8, 4) is 5.75 Å². The molecular weight excluding hydrogens is 546 g/mol. The van der Waals surface area contributed by atoms with Gasteiger partial charge in [-0.05, 0) is 41.5 Å². The lowest BCUT2D eigenvalue weighted by Gasteiger charge is -2.36. The summed E-state index contributed by atoms with van der Waals surface area (Å²) in [6.45, 7) is 4.17. The van der Waals surface area contributed by atoms with Crippen molar-refractivity contribution in [1.82, 2.24) is 20.1 Å². The number of anilines is 1. The molecule has 0 bridgehead atoms. The largest absolute Gasteiger partial charge is 0.497 e. The molecular formula is C33H33N5O5. The van der Waals surface area contributed by atoms with E-state index >= 15 is 0 Å². The van der Waals surface area contributed by atoms with E-state index in [1.807, 2.05) is 48.5 Å². The van der Waals surface area contributed by atoms with E-state index in [4.69, 9.17) is 9.47 Å². The SMILES string of the molecule is COc1ccc(C2c3[nH]c4ccccc4c3C[C@H]3C(=O)N(c4ccccc4C(=O)NCCN4CCOCC4)C(=O)N23)cc1. The molecule has 7 rings (SSSR count). The van der Waals surface area contributed by atoms with Crippen LogP contribution in [0.1, 0.15) is 33.2 Å². The summed E-state index contributed by atoms with van der Waals surface area (Å²) in [4.78, 5) is 50.5. The van der Waals surface area contributed by atoms with Gasteiger partial charge >= 0.3 is 6.03 Å². The molecule has 4 aromatic rings. The summed E-state index contributed by atoms with van der Waals surface area (Å²) in [7, 11) is 1.61. The first-order valence-corrected chi connectivity index (χ1v) is 14.6. The molecule has 1 unspecified atom stereocenters. The molecule has 4 amide bonds. The molecule has 43 heavy (non-hydrogen) atoms. The van der Waals surface area contributed by atoms with E-state index in [0.717, 1.165) is 40.8 Å². The third kappa shape index (κ3) is 4.72. The Morgan fingerprint density at radius 2 is 1.74 bits per heavy atom. The van der Waals surface area contributed by atoms with E-state index in [0.29, 0.717) is 38.5 Å². The van der Waals surface area contributed by atoms with Crippen LogP contribution in [0.4, 0.5) is 10.5 Å². The first kappa shape index (κ1) is 27.2. The Morgan fingerprint density at radius 1 is 1.00 bits per heavy atom. The average Bonchev–Trinajstić information content (AvgIpc) is 3.54. The molecule has 220 valence electrons. The highest BCUT2D eigenvalue weighted by Gasteiger charge is 2.53. The monoisotopic (exact) mass is 579 g/mol. The number of para-hydroxylation sites is 2. The van der Waals surface area contributed by atoms with Crippen molar-refractivity contribution < 1.29 is 23.9 Å². The Labute approximate surface area is 249 Å². The predicted octanol–water partition coefficient (Wildman–Crippen LogP) is 3.72. The highest BCUT2D eigenvalue weighted by atomic mass is 16.5. The van der Waals surface area contributed by atoms with Gasteiger partial charge < -0.3 is 19.8 Å². The van der Waals surface area contributed by atoms with E-state index < -0.39 is 18.1 Å². The number of urea groups is 1. The Kier molecular flexibility index (Phi) is 7.08. The zero-order chi connectivity index (χ0) is 29.5. The zero-order valence-corrected chi connectivity index (χ0v) is 23.9. The number of ether oxygens (including phenoxy) is 2. The van der Waals surface area contributed by atoms with Gasteiger partial charge in [0.15, 0.2) is 0 Å². The van der Waals surface area contributed by atoms with Crippen LogP contribution >= 0.6 is 0 Å². The topological polar surface area (TPSA) is 107 Å². The molecule has 0 radical (unpaired) electrons. The first-order valence-electron chi connectivity index (χ1n) is 14.6. The number of H-pyrrole nitrogens is 1. The van der Waals surface area contributed by atoms with Crippen LogP contribution in [0.15, 0.2) is 72.8 Å². The fourth-order valence-electron chi connectivity index (χ4n) is 6.54. The quantitative estimate of drug-likeness (QED) is 0.323. The van der Waals surface area contributed by atoms with E-state index in [2.05, 4.69) is 15.2 Å². The Morgan fingerprint density at radius 3 is 2.53 bits per heavy atom. The normalized spacial score (nSPS) is 20.3. The first-order chi connectivity index (χ1) is 21.0. The summed E-state index contributed by atoms with van der Waals surface area (Å²) in [5.41, 5.74) is 4.31. The summed E-state index contributed by atoms with van der Waals surface area (Å²) in [5, 5.41) is 4.01. The fourth-order valence-corrected chi connectivity index (χ4v) is 6.54. The van der Waals surface area contributed by atoms with Gasteiger partial charge in [0.05, 0.1) is 31.6 Å². The molecule has 2 N–H and O–H groups in total. The standard InChI is InChI=1S/C33H33N5O5/c1-42-22-12-10-21(11-13-22)30-29-25(23-6-2-4-8-26(23)35-29)20-28-32(40)38(33(41)37(28)30)27-9-5-3-7-24(27)31(39)34-14-15-36-16-18-43-19-17-36/h2-13,28,30,35H,14-20H2,1H3,(H,34,39)/t28-,30?/m0/s1. The van der Waals surface area contributed by atoms with Crippen LogP contribution in [0.25, 0.3) is 10.9 Å². The summed E-state index contributed by atoms with van der Waals surface area (Å²) in [6.07, 6.45) is 0.376. The minimum atomic E-state index is -0.719. The van der Waals surface area contributed by atoms with Crippen molar-refractivity contribution in [1.29, 1.82) is 0 Å². The maximum absolute atomic E-state index is 14.3. The smallest absolute Gasteiger partial charge is 0.332 e. The summed E-state index contributed by atoms with van der Waals surface area (Å²) in [5.74, 6) is 0.0391. The Hall–Kier alpha value is -4.67. The fraction of sp³-hybridized carbons (Fsp3) is 0.303. The van der Waals surface area contributed by atoms with Crippen LogP contribution in [0.3, 0.4) is 0 Å². The second kappa shape index (κ2) is 11.2. The summed E-state index contributed by atoms with van der Waals surface area (Å²) >= 11 is 0. The van der Waals surface area contributed by atoms with Crippen molar-refractivity contribution in [3.05, 3.63) is 95.2 Å². The molecule has 3 aromatic carbocycles. The van der Waals surface area contributed by atoms with Gasteiger partial charge in [-0.3, -0.25) is 19.4 Å². The number of hydrogen-bond acceptors (Lipinski definition) is 6. The lowest BCUT2D eigenvalue weighted by Crippen LogP contribution is -2.44. The van der Waals surface area contributed by atoms with Gasteiger partial charge in [-0.15, -0.1) is 0 Å². The van der Waals surface area contributed by atoms with Gasteiger partial charge in [-0.2, -0.15) is 0 Å². The van der Waals surface area contributed by atoms with Crippen molar-refractivity contribution in [3.63, 3.8) is 0 Å². The number of nitrogens with zero attached hydrogens (tertiary/aromatic N) is 3. The number of nitrogens with one attached hydrogen (secondary N) is 2. The second-order valence-corrected chi connectivity index (χ2v) is 11.0. The van der Waals surface area contributed by atoms with Crippen molar-refractivity contribution in [2.24, 2.45) is 0 Å². The molecule has 2 atom stereocenters. The summed E-state index contributed by atoms with van der Waals surface area (Å²) < 4.78 is 10.8. The minimum absolute atomic E-state index is 0.288. The molecule has 3 aliphatic heterocycles. The van der Waals surface area contributed by atoms with Crippen LogP contribution in [0.2, 0.25) is 0 Å². The van der Waals surface area contributed by atoms with Crippen LogP contribution in [0.5, 0.6) is 5.75 Å². The van der Waals surface area contributed by atoms with Gasteiger partial charge in [-0.1, -0.05) is 42.5 Å². The van der Waals surface area contributed by atoms with Gasteiger partial charge in [0.25, 0.3) is 11.8 Å². The van der Waals surface area contributed by atoms with Crippen molar-refractivity contribution in [2.75, 3.05) is 51.4 Å². The molecule has 4 heterocycles. The highest BCUT2D eigenvalue weighted by Crippen LogP contribution is 2.45. The number of benzene rings is 3. The van der Waals surface area contributed by atoms with E-state index in [1.54, 1.807) is 36.3 Å². The minimum Gasteiger partial charge on any atom is -0.497 e. The van der Waals surface area contributed by atoms with Gasteiger partial charge in [0, 0.05) is 49.2 Å². The Bertz CT molecular complexity index is 1690. The van der Waals surface area contributed by atoms with Gasteiger partial charge in [-0.25, -0.2) is 9.69 Å². The third-order valence-electron chi connectivity index (χ3n) is 8.69. The number of imide groups is 1. The zero-order valence-electron chi connectivity index (χ0n) is 23.9. The lowest BCUT2D eigenvalue weighted by molar-refractivity contribution is -0.120. The number of rotatable bonds is 7. The molecule has 2 fully saturated rings. The average molecular weight is 580 g/mol. The molecule has 0 aliphatic carbocycles. The van der Waals surface area contributed by atoms with Crippen LogP contribution in [-0.4, -0.2) is 85.2 Å². The van der Waals surface area contributed by atoms with Gasteiger partial charge in [0.2, 0.25) is 0 Å². The number of carbonyl (C=O) groups excluding carboxylic acids is 3. The molecule has 2 saturated heterocycles. The number of methoxy groups -OCH3 is 1.